The molecule has 1 fully saturated rings. The van der Waals surface area contributed by atoms with Crippen LogP contribution in [0.4, 0.5) is 0 Å². The Morgan fingerprint density at radius 1 is 1.29 bits per heavy atom. The van der Waals surface area contributed by atoms with E-state index in [1.54, 1.807) is 0 Å². The summed E-state index contributed by atoms with van der Waals surface area (Å²) in [5.41, 5.74) is 2.88. The van der Waals surface area contributed by atoms with Gasteiger partial charge in [-0.3, -0.25) is 0 Å². The van der Waals surface area contributed by atoms with Gasteiger partial charge in [-0.1, -0.05) is 35.3 Å². The van der Waals surface area contributed by atoms with Crippen molar-refractivity contribution in [2.75, 3.05) is 11.9 Å². The van der Waals surface area contributed by atoms with Gasteiger partial charge in [-0.2, -0.15) is 0 Å². The minimum atomic E-state index is 0.804. The quantitative estimate of drug-likeness (QED) is 0.524. The number of aryl methyl sites for hydroxylation is 1. The molecule has 1 aliphatic carbocycles. The summed E-state index contributed by atoms with van der Waals surface area (Å²) >= 11 is 3.51. The number of hydrogen-bond donors (Lipinski definition) is 0. The molecule has 2 rings (SSSR count). The van der Waals surface area contributed by atoms with Gasteiger partial charge in [0.2, 0.25) is 0 Å². The van der Waals surface area contributed by atoms with Crippen molar-refractivity contribution in [3.05, 3.63) is 29.3 Å². The van der Waals surface area contributed by atoms with Crippen LogP contribution < -0.4 is 4.74 Å². The summed E-state index contributed by atoms with van der Waals surface area (Å²) in [5, 5.41) is 1.02. The molecule has 17 heavy (non-hydrogen) atoms. The highest BCUT2D eigenvalue weighted by Gasteiger charge is 2.24. The third-order valence-corrected chi connectivity index (χ3v) is 3.58. The molecule has 1 aromatic carbocycles. The second-order valence-corrected chi connectivity index (χ2v) is 5.62. The normalized spacial score (nSPS) is 14.9. The van der Waals surface area contributed by atoms with Crippen molar-refractivity contribution in [1.82, 2.24) is 0 Å². The van der Waals surface area contributed by atoms with Crippen molar-refractivity contribution in [2.45, 2.75) is 44.9 Å². The van der Waals surface area contributed by atoms with Gasteiger partial charge in [0.05, 0.1) is 6.61 Å². The topological polar surface area (TPSA) is 9.23 Å². The first-order valence-corrected chi connectivity index (χ1v) is 7.78. The molecule has 0 heterocycles. The van der Waals surface area contributed by atoms with Gasteiger partial charge in [-0.15, -0.1) is 0 Å². The molecule has 0 N–H and O–H groups in total. The SMILES string of the molecule is CCCCOc1cc(CCBr)cc(C2CC2)c1. The van der Waals surface area contributed by atoms with Crippen LogP contribution in [0.25, 0.3) is 0 Å². The zero-order chi connectivity index (χ0) is 12.1. The Labute approximate surface area is 113 Å². The lowest BCUT2D eigenvalue weighted by Crippen LogP contribution is -1.99. The Balaban J connectivity index is 2.06. The van der Waals surface area contributed by atoms with Crippen molar-refractivity contribution in [3.63, 3.8) is 0 Å². The van der Waals surface area contributed by atoms with Crippen molar-refractivity contribution >= 4 is 15.9 Å². The van der Waals surface area contributed by atoms with Crippen LogP contribution in [-0.4, -0.2) is 11.9 Å². The minimum absolute atomic E-state index is 0.804. The van der Waals surface area contributed by atoms with Gasteiger partial charge in [-0.25, -0.2) is 0 Å². The van der Waals surface area contributed by atoms with Crippen LogP contribution >= 0.6 is 15.9 Å². The summed E-state index contributed by atoms with van der Waals surface area (Å²) in [6.07, 6.45) is 6.13. The second-order valence-electron chi connectivity index (χ2n) is 4.83. The monoisotopic (exact) mass is 296 g/mol. The summed E-state index contributed by atoms with van der Waals surface area (Å²) in [7, 11) is 0. The van der Waals surface area contributed by atoms with Crippen molar-refractivity contribution in [1.29, 1.82) is 0 Å². The zero-order valence-corrected chi connectivity index (χ0v) is 12.1. The maximum absolute atomic E-state index is 5.84. The van der Waals surface area contributed by atoms with Crippen LogP contribution in [0.15, 0.2) is 18.2 Å². The molecule has 2 heteroatoms. The highest BCUT2D eigenvalue weighted by atomic mass is 79.9. The molecule has 0 amide bonds. The molecule has 0 bridgehead atoms. The van der Waals surface area contributed by atoms with E-state index in [4.69, 9.17) is 4.74 Å². The van der Waals surface area contributed by atoms with E-state index in [0.29, 0.717) is 0 Å². The van der Waals surface area contributed by atoms with Crippen molar-refractivity contribution in [2.24, 2.45) is 0 Å². The van der Waals surface area contributed by atoms with Crippen LogP contribution in [0.3, 0.4) is 0 Å². The fraction of sp³-hybridized carbons (Fsp3) is 0.600. The average molecular weight is 297 g/mol. The van der Waals surface area contributed by atoms with Gasteiger partial charge in [0.25, 0.3) is 0 Å². The van der Waals surface area contributed by atoms with Crippen LogP contribution in [0, 0.1) is 0 Å². The van der Waals surface area contributed by atoms with E-state index < -0.39 is 0 Å². The lowest BCUT2D eigenvalue weighted by molar-refractivity contribution is 0.309. The van der Waals surface area contributed by atoms with Gasteiger partial charge < -0.3 is 4.74 Å². The van der Waals surface area contributed by atoms with Gasteiger partial charge in [0, 0.05) is 5.33 Å². The fourth-order valence-corrected chi connectivity index (χ4v) is 2.47. The molecule has 0 radical (unpaired) electrons. The highest BCUT2D eigenvalue weighted by Crippen LogP contribution is 2.41. The largest absolute Gasteiger partial charge is 0.494 e. The summed E-state index contributed by atoms with van der Waals surface area (Å²) in [6, 6.07) is 6.79. The molecular formula is C15H21BrO. The molecule has 0 saturated heterocycles. The Morgan fingerprint density at radius 3 is 2.76 bits per heavy atom. The predicted molar refractivity (Wildman–Crippen MR) is 76.3 cm³/mol. The Kier molecular flexibility index (Phi) is 4.90. The Hall–Kier alpha value is -0.500. The summed E-state index contributed by atoms with van der Waals surface area (Å²) in [5.74, 6) is 1.87. The van der Waals surface area contributed by atoms with Gasteiger partial charge in [0.1, 0.15) is 5.75 Å². The summed E-state index contributed by atoms with van der Waals surface area (Å²) < 4.78 is 5.84. The van der Waals surface area contributed by atoms with Crippen LogP contribution in [0.5, 0.6) is 5.75 Å². The predicted octanol–water partition coefficient (Wildman–Crippen LogP) is 4.68. The van der Waals surface area contributed by atoms with Crippen LogP contribution in [0.1, 0.15) is 49.7 Å². The molecule has 1 nitrogen and oxygen atoms in total. The number of ether oxygens (including phenoxy) is 1. The second kappa shape index (κ2) is 6.44. The van der Waals surface area contributed by atoms with E-state index in [2.05, 4.69) is 41.1 Å². The molecule has 0 spiro atoms. The number of alkyl halides is 1. The van der Waals surface area contributed by atoms with Crippen LogP contribution in [-0.2, 0) is 6.42 Å². The third kappa shape index (κ3) is 4.02. The average Bonchev–Trinajstić information content (AvgIpc) is 3.13. The van der Waals surface area contributed by atoms with E-state index in [0.717, 1.165) is 36.4 Å². The molecular weight excluding hydrogens is 276 g/mol. The molecule has 1 aliphatic rings. The van der Waals surface area contributed by atoms with E-state index in [1.165, 1.54) is 30.4 Å². The standard InChI is InChI=1S/C15H21BrO/c1-2-3-8-17-15-10-12(6-7-16)9-14(11-15)13-4-5-13/h9-11,13H,2-8H2,1H3. The van der Waals surface area contributed by atoms with E-state index in [1.807, 2.05) is 0 Å². The maximum atomic E-state index is 5.84. The van der Waals surface area contributed by atoms with E-state index in [-0.39, 0.29) is 0 Å². The van der Waals surface area contributed by atoms with E-state index in [9.17, 15) is 0 Å². The maximum Gasteiger partial charge on any atom is 0.119 e. The lowest BCUT2D eigenvalue weighted by atomic mass is 10.0. The summed E-state index contributed by atoms with van der Waals surface area (Å²) in [6.45, 7) is 3.04. The third-order valence-electron chi connectivity index (χ3n) is 3.19. The Morgan fingerprint density at radius 2 is 2.12 bits per heavy atom. The number of benzene rings is 1. The fourth-order valence-electron chi connectivity index (χ4n) is 2.01. The van der Waals surface area contributed by atoms with Crippen molar-refractivity contribution < 1.29 is 4.74 Å². The first-order chi connectivity index (χ1) is 8.33. The molecule has 1 saturated carbocycles. The number of halogens is 1. The first-order valence-electron chi connectivity index (χ1n) is 6.66. The number of rotatable bonds is 7. The molecule has 94 valence electrons. The number of unbranched alkanes of at least 4 members (excludes halogenated alkanes) is 1. The summed E-state index contributed by atoms with van der Waals surface area (Å²) in [4.78, 5) is 0. The smallest absolute Gasteiger partial charge is 0.119 e. The van der Waals surface area contributed by atoms with Gasteiger partial charge in [-0.05, 0) is 54.9 Å². The molecule has 0 aromatic heterocycles. The van der Waals surface area contributed by atoms with Gasteiger partial charge in [0.15, 0.2) is 0 Å². The van der Waals surface area contributed by atoms with Crippen molar-refractivity contribution in [3.8, 4) is 5.75 Å². The van der Waals surface area contributed by atoms with Crippen LogP contribution in [0.2, 0.25) is 0 Å². The first kappa shape index (κ1) is 12.9. The zero-order valence-electron chi connectivity index (χ0n) is 10.5. The molecule has 1 aromatic rings. The molecule has 0 aliphatic heterocycles. The van der Waals surface area contributed by atoms with E-state index >= 15 is 0 Å². The Bertz CT molecular complexity index is 358. The molecule has 0 unspecified atom stereocenters. The highest BCUT2D eigenvalue weighted by molar-refractivity contribution is 9.09. The lowest BCUT2D eigenvalue weighted by Gasteiger charge is -2.10. The number of hydrogen-bond acceptors (Lipinski definition) is 1. The van der Waals surface area contributed by atoms with Gasteiger partial charge >= 0.3 is 0 Å². The minimum Gasteiger partial charge on any atom is -0.494 e. The molecule has 0 atom stereocenters.